The van der Waals surface area contributed by atoms with Crippen molar-refractivity contribution in [3.8, 4) is 0 Å². The summed E-state index contributed by atoms with van der Waals surface area (Å²) < 4.78 is 29.5. The number of esters is 2. The van der Waals surface area contributed by atoms with Gasteiger partial charge in [0.05, 0.1) is 24.4 Å². The van der Waals surface area contributed by atoms with E-state index in [1.807, 2.05) is 19.1 Å². The molecule has 11 atom stereocenters. The smallest absolute Gasteiger partial charge is 0.329 e. The molecule has 0 bridgehead atoms. The molecule has 0 radical (unpaired) electrons. The molecule has 3 aliphatic heterocycles. The first-order valence-electron chi connectivity index (χ1n) is 21.7. The van der Waals surface area contributed by atoms with Gasteiger partial charge in [-0.3, -0.25) is 19.2 Å². The van der Waals surface area contributed by atoms with Gasteiger partial charge in [-0.25, -0.2) is 4.79 Å². The number of amides is 1. The molecule has 3 N–H and O–H groups in total. The van der Waals surface area contributed by atoms with E-state index in [9.17, 15) is 39.3 Å². The van der Waals surface area contributed by atoms with Gasteiger partial charge in [-0.15, -0.1) is 0 Å². The Morgan fingerprint density at radius 3 is 2.24 bits per heavy atom. The van der Waals surface area contributed by atoms with E-state index in [0.29, 0.717) is 69.8 Å². The average molecular weight is 834 g/mol. The first kappa shape index (κ1) is 48.7. The number of nitrogens with zero attached hydrogens (tertiary/aromatic N) is 1. The van der Waals surface area contributed by atoms with Crippen molar-refractivity contribution in [3.63, 3.8) is 0 Å². The van der Waals surface area contributed by atoms with Crippen LogP contribution in [0.4, 0.5) is 0 Å². The Morgan fingerprint density at radius 2 is 1.58 bits per heavy atom. The monoisotopic (exact) mass is 833 g/mol. The van der Waals surface area contributed by atoms with Crippen LogP contribution in [-0.2, 0) is 47.7 Å². The summed E-state index contributed by atoms with van der Waals surface area (Å²) >= 11 is 0. The minimum absolute atomic E-state index is 0.0229. The molecule has 1 amide bonds. The molecule has 1 saturated carbocycles. The summed E-state index contributed by atoms with van der Waals surface area (Å²) in [6, 6.07) is -1.20. The number of aliphatic hydroxyl groups is 3. The fourth-order valence-electron chi connectivity index (χ4n) is 9.73. The molecule has 2 saturated heterocycles. The Morgan fingerprint density at radius 1 is 0.881 bits per heavy atom. The lowest BCUT2D eigenvalue weighted by Gasteiger charge is -2.46. The van der Waals surface area contributed by atoms with Crippen molar-refractivity contribution in [1.29, 1.82) is 0 Å². The maximum atomic E-state index is 14.2. The number of Topliss-reactive ketones (excluding diaryl/α,β-unsaturated/α-hetero) is 2. The number of fused-ring (bicyclic) bond motifs is 1. The van der Waals surface area contributed by atoms with Gasteiger partial charge in [0.25, 0.3) is 11.7 Å². The molecular formula is C45H71NO13. The predicted molar refractivity (Wildman–Crippen MR) is 218 cm³/mol. The molecule has 0 aromatic heterocycles. The highest BCUT2D eigenvalue weighted by atomic mass is 16.6. The molecule has 14 heteroatoms. The molecule has 1 spiro atoms. The highest BCUT2D eigenvalue weighted by Crippen LogP contribution is 2.44. The topological polar surface area (TPSA) is 195 Å². The number of rotatable bonds is 5. The van der Waals surface area contributed by atoms with Gasteiger partial charge in [0.15, 0.2) is 0 Å². The van der Waals surface area contributed by atoms with Crippen LogP contribution < -0.4 is 0 Å². The summed E-state index contributed by atoms with van der Waals surface area (Å²) in [6.07, 6.45) is 7.15. The zero-order valence-corrected chi connectivity index (χ0v) is 36.6. The van der Waals surface area contributed by atoms with E-state index in [4.69, 9.17) is 23.7 Å². The van der Waals surface area contributed by atoms with E-state index in [2.05, 4.69) is 6.92 Å². The largest absolute Gasteiger partial charge is 0.456 e. The molecule has 14 nitrogen and oxygen atoms in total. The van der Waals surface area contributed by atoms with Gasteiger partial charge < -0.3 is 43.9 Å². The number of carbonyl (C=O) groups is 5. The molecule has 8 unspecified atom stereocenters. The number of methoxy groups -OCH3 is 3. The summed E-state index contributed by atoms with van der Waals surface area (Å²) in [5.41, 5.74) is 0.958. The number of ketones is 2. The molecule has 4 rings (SSSR count). The van der Waals surface area contributed by atoms with Crippen LogP contribution in [0.5, 0.6) is 0 Å². The highest BCUT2D eigenvalue weighted by Gasteiger charge is 2.50. The molecule has 0 aromatic rings. The Hall–Kier alpha value is -3.01. The maximum Gasteiger partial charge on any atom is 0.329 e. The minimum Gasteiger partial charge on any atom is -0.456 e. The van der Waals surface area contributed by atoms with Crippen LogP contribution >= 0.6 is 0 Å². The molecule has 4 aliphatic rings. The van der Waals surface area contributed by atoms with Crippen LogP contribution in [0.2, 0.25) is 0 Å². The van der Waals surface area contributed by atoms with E-state index < -0.39 is 65.2 Å². The van der Waals surface area contributed by atoms with Crippen LogP contribution in [0.1, 0.15) is 131 Å². The van der Waals surface area contributed by atoms with Crippen LogP contribution in [0.25, 0.3) is 0 Å². The number of carbonyl (C=O) groups excluding carboxylic acids is 5. The van der Waals surface area contributed by atoms with Crippen molar-refractivity contribution in [2.24, 2.45) is 23.7 Å². The third-order valence-corrected chi connectivity index (χ3v) is 13.4. The van der Waals surface area contributed by atoms with Gasteiger partial charge in [0.1, 0.15) is 23.5 Å². The van der Waals surface area contributed by atoms with Crippen LogP contribution in [-0.4, -0.2) is 125 Å². The lowest BCUT2D eigenvalue weighted by molar-refractivity contribution is -0.208. The van der Waals surface area contributed by atoms with Gasteiger partial charge in [0.2, 0.25) is 5.79 Å². The van der Waals surface area contributed by atoms with Crippen molar-refractivity contribution in [3.05, 3.63) is 23.3 Å². The number of cyclic esters (lactones) is 1. The van der Waals surface area contributed by atoms with E-state index in [0.717, 1.165) is 16.9 Å². The summed E-state index contributed by atoms with van der Waals surface area (Å²) in [5.74, 6) is -8.64. The van der Waals surface area contributed by atoms with Crippen molar-refractivity contribution in [1.82, 2.24) is 4.90 Å². The summed E-state index contributed by atoms with van der Waals surface area (Å²) in [6.45, 7) is 9.05. The number of ether oxygens (including phenoxy) is 5. The lowest BCUT2D eigenvalue weighted by Crippen LogP contribution is -2.58. The first-order valence-corrected chi connectivity index (χ1v) is 21.7. The van der Waals surface area contributed by atoms with Crippen molar-refractivity contribution in [2.75, 3.05) is 27.9 Å². The van der Waals surface area contributed by atoms with Gasteiger partial charge in [-0.1, -0.05) is 38.5 Å². The SMILES string of the molecule is COC1CC(C)C(O)(O)C(=O)C(=O)N2CCCCC2C(=O)O[C@H](/C(C)=C/C2CCC3(CCCC(=O)O3)C(OC)C2)[C@H](C)C(O)CC(=O)C/C=C(\C)CC(C)C[C@H](OC)C1. The third kappa shape index (κ3) is 12.5. The summed E-state index contributed by atoms with van der Waals surface area (Å²) in [5, 5.41) is 34.0. The van der Waals surface area contributed by atoms with Crippen LogP contribution in [0.3, 0.4) is 0 Å². The van der Waals surface area contributed by atoms with E-state index >= 15 is 0 Å². The molecular weight excluding hydrogens is 762 g/mol. The Bertz CT molecular complexity index is 1540. The van der Waals surface area contributed by atoms with Gasteiger partial charge >= 0.3 is 11.9 Å². The Balaban J connectivity index is 1.67. The van der Waals surface area contributed by atoms with E-state index in [1.54, 1.807) is 28.1 Å². The Labute approximate surface area is 350 Å². The second kappa shape index (κ2) is 21.7. The average Bonchev–Trinajstić information content (AvgIpc) is 3.20. The minimum atomic E-state index is -3.05. The maximum absolute atomic E-state index is 14.2. The number of piperidine rings is 1. The van der Waals surface area contributed by atoms with E-state index in [1.165, 1.54) is 14.0 Å². The molecule has 0 aromatic carbocycles. The lowest BCUT2D eigenvalue weighted by atomic mass is 9.72. The molecule has 334 valence electrons. The number of allylic oxidation sites excluding steroid dienone is 3. The third-order valence-electron chi connectivity index (χ3n) is 13.4. The summed E-state index contributed by atoms with van der Waals surface area (Å²) in [7, 11) is 4.70. The van der Waals surface area contributed by atoms with Crippen molar-refractivity contribution < 1.29 is 63.0 Å². The van der Waals surface area contributed by atoms with Crippen molar-refractivity contribution in [2.45, 2.75) is 179 Å². The first-order chi connectivity index (χ1) is 27.8. The Kier molecular flexibility index (Phi) is 17.9. The number of aliphatic hydroxyl groups excluding tert-OH is 1. The number of hydrogen-bond acceptors (Lipinski definition) is 13. The predicted octanol–water partition coefficient (Wildman–Crippen LogP) is 4.93. The zero-order chi connectivity index (χ0) is 43.7. The molecule has 3 fully saturated rings. The second-order valence-corrected chi connectivity index (χ2v) is 18.0. The molecule has 1 aliphatic carbocycles. The number of hydrogen-bond donors (Lipinski definition) is 3. The van der Waals surface area contributed by atoms with E-state index in [-0.39, 0.29) is 68.0 Å². The van der Waals surface area contributed by atoms with Crippen molar-refractivity contribution >= 4 is 29.4 Å². The van der Waals surface area contributed by atoms with Crippen LogP contribution in [0, 0.1) is 23.7 Å². The van der Waals surface area contributed by atoms with Gasteiger partial charge in [-0.05, 0) is 108 Å². The zero-order valence-electron chi connectivity index (χ0n) is 36.6. The fourth-order valence-corrected chi connectivity index (χ4v) is 9.73. The standard InChI is InChI=1S/C45H71NO13/c1-27-14-15-33(47)25-37(48)31(5)40(29(3)22-32-16-18-44(38(24-32)57-8)17-11-13-39(49)59-44)58-43(52)36-12-9-10-19-46(36)42(51)41(50)45(53,54)30(4)23-35(56-7)26-34(55-6)21-28(2)20-27/h14,22,28,30-32,34-38,40,48,53-54H,9-13,15-21,23-26H2,1-8H3/b27-14+,29-22+/t28?,30?,31-,32?,34+,35?,36?,37?,38?,40-,44?/m1/s1. The van der Waals surface area contributed by atoms with Crippen LogP contribution in [0.15, 0.2) is 23.3 Å². The fraction of sp³-hybridized carbons (Fsp3) is 0.800. The normalized spacial score (nSPS) is 37.9. The highest BCUT2D eigenvalue weighted by molar-refractivity contribution is 6.39. The van der Waals surface area contributed by atoms with Gasteiger partial charge in [0, 0.05) is 59.0 Å². The summed E-state index contributed by atoms with van der Waals surface area (Å²) in [4.78, 5) is 68.5. The van der Waals surface area contributed by atoms with Gasteiger partial charge in [-0.2, -0.15) is 0 Å². The molecule has 3 heterocycles. The second-order valence-electron chi connectivity index (χ2n) is 18.0. The molecule has 59 heavy (non-hydrogen) atoms. The quantitative estimate of drug-likeness (QED) is 0.146.